The van der Waals surface area contributed by atoms with Crippen LogP contribution in [0.15, 0.2) is 54.6 Å². The molecule has 1 atom stereocenters. The Balaban J connectivity index is 1.58. The second-order valence-corrected chi connectivity index (χ2v) is 7.29. The number of benzene rings is 2. The van der Waals surface area contributed by atoms with Gasteiger partial charge >= 0.3 is 0 Å². The van der Waals surface area contributed by atoms with Crippen molar-refractivity contribution < 1.29 is 5.11 Å². The lowest BCUT2D eigenvalue weighted by atomic mass is 10.0. The third-order valence-electron chi connectivity index (χ3n) is 4.91. The molecule has 0 aliphatic carbocycles. The highest BCUT2D eigenvalue weighted by Crippen LogP contribution is 2.18. The van der Waals surface area contributed by atoms with Gasteiger partial charge < -0.3 is 10.4 Å². The van der Waals surface area contributed by atoms with E-state index in [1.807, 2.05) is 18.2 Å². The van der Waals surface area contributed by atoms with Crippen molar-refractivity contribution in [1.29, 1.82) is 0 Å². The van der Waals surface area contributed by atoms with Crippen molar-refractivity contribution in [2.24, 2.45) is 0 Å². The first-order valence-electron chi connectivity index (χ1n) is 10.4. The number of aliphatic hydroxyl groups is 1. The molecule has 2 aromatic rings. The summed E-state index contributed by atoms with van der Waals surface area (Å²) in [6.07, 6.45) is 11.6. The maximum absolute atomic E-state index is 10.1. The second kappa shape index (κ2) is 12.5. The normalized spacial score (nSPS) is 12.1. The van der Waals surface area contributed by atoms with Gasteiger partial charge in [-0.25, -0.2) is 0 Å². The first-order chi connectivity index (χ1) is 12.8. The number of anilines is 2. The fraction of sp³-hybridized carbons (Fsp3) is 0.500. The molecule has 142 valence electrons. The average Bonchev–Trinajstić information content (AvgIpc) is 2.67. The van der Waals surface area contributed by atoms with Crippen LogP contribution in [0.4, 0.5) is 11.4 Å². The highest BCUT2D eigenvalue weighted by Gasteiger charge is 2.04. The largest absolute Gasteiger partial charge is 0.393 e. The van der Waals surface area contributed by atoms with Crippen LogP contribution < -0.4 is 5.32 Å². The maximum Gasteiger partial charge on any atom is 0.0540 e. The SMILES string of the molecule is CCCCCCCC(O)CCCCc1ccc(Nc2ccccc2)cc1. The maximum atomic E-state index is 10.1. The van der Waals surface area contributed by atoms with Crippen LogP contribution in [-0.2, 0) is 6.42 Å². The summed E-state index contributed by atoms with van der Waals surface area (Å²) >= 11 is 0. The first-order valence-corrected chi connectivity index (χ1v) is 10.4. The topological polar surface area (TPSA) is 32.3 Å². The first kappa shape index (κ1) is 20.5. The molecule has 2 N–H and O–H groups in total. The molecule has 0 spiro atoms. The minimum absolute atomic E-state index is 0.103. The summed E-state index contributed by atoms with van der Waals surface area (Å²) in [5.41, 5.74) is 3.61. The van der Waals surface area contributed by atoms with Crippen molar-refractivity contribution in [1.82, 2.24) is 0 Å². The van der Waals surface area contributed by atoms with Gasteiger partial charge in [0.1, 0.15) is 0 Å². The molecular formula is C24H35NO. The molecule has 2 rings (SSSR count). The van der Waals surface area contributed by atoms with Gasteiger partial charge in [-0.2, -0.15) is 0 Å². The lowest BCUT2D eigenvalue weighted by Gasteiger charge is -2.10. The number of aryl methyl sites for hydroxylation is 1. The van der Waals surface area contributed by atoms with Gasteiger partial charge in [-0.1, -0.05) is 75.8 Å². The molecule has 0 aliphatic heterocycles. The Hall–Kier alpha value is -1.80. The van der Waals surface area contributed by atoms with Gasteiger partial charge in [-0.15, -0.1) is 0 Å². The number of rotatable bonds is 13. The zero-order valence-electron chi connectivity index (χ0n) is 16.3. The third-order valence-corrected chi connectivity index (χ3v) is 4.91. The smallest absolute Gasteiger partial charge is 0.0540 e. The highest BCUT2D eigenvalue weighted by atomic mass is 16.3. The zero-order chi connectivity index (χ0) is 18.5. The van der Waals surface area contributed by atoms with E-state index in [1.54, 1.807) is 0 Å². The molecule has 0 radical (unpaired) electrons. The molecule has 0 bridgehead atoms. The second-order valence-electron chi connectivity index (χ2n) is 7.29. The summed E-state index contributed by atoms with van der Waals surface area (Å²) in [6, 6.07) is 18.9. The van der Waals surface area contributed by atoms with Crippen LogP contribution in [0.1, 0.15) is 70.3 Å². The van der Waals surface area contributed by atoms with E-state index in [-0.39, 0.29) is 6.10 Å². The molecule has 0 aromatic heterocycles. The molecule has 2 nitrogen and oxygen atoms in total. The Labute approximate surface area is 159 Å². The Kier molecular flexibility index (Phi) is 9.89. The number of unbranched alkanes of at least 4 members (excludes halogenated alkanes) is 5. The molecule has 0 saturated carbocycles. The summed E-state index contributed by atoms with van der Waals surface area (Å²) in [5.74, 6) is 0. The van der Waals surface area contributed by atoms with Crippen molar-refractivity contribution in [3.63, 3.8) is 0 Å². The number of nitrogens with one attached hydrogen (secondary N) is 1. The van der Waals surface area contributed by atoms with Crippen LogP contribution in [0.2, 0.25) is 0 Å². The summed E-state index contributed by atoms with van der Waals surface area (Å²) < 4.78 is 0. The van der Waals surface area contributed by atoms with Gasteiger partial charge in [0.15, 0.2) is 0 Å². The van der Waals surface area contributed by atoms with E-state index in [1.165, 1.54) is 37.7 Å². The highest BCUT2D eigenvalue weighted by molar-refractivity contribution is 5.59. The molecule has 26 heavy (non-hydrogen) atoms. The Bertz CT molecular complexity index is 579. The van der Waals surface area contributed by atoms with E-state index in [2.05, 4.69) is 48.6 Å². The molecule has 0 aliphatic rings. The number of hydrogen-bond acceptors (Lipinski definition) is 2. The predicted octanol–water partition coefficient (Wildman–Crippen LogP) is 6.86. The van der Waals surface area contributed by atoms with Crippen molar-refractivity contribution in [2.45, 2.75) is 77.2 Å². The molecule has 0 saturated heterocycles. The number of hydrogen-bond donors (Lipinski definition) is 2. The standard InChI is InChI=1S/C24H35NO/c1-2-3-4-5-9-15-24(26)16-11-10-12-21-17-19-23(20-18-21)25-22-13-7-6-8-14-22/h6-8,13-14,17-20,24-26H,2-5,9-12,15-16H2,1H3. The lowest BCUT2D eigenvalue weighted by Crippen LogP contribution is -2.06. The average molecular weight is 354 g/mol. The minimum Gasteiger partial charge on any atom is -0.393 e. The van der Waals surface area contributed by atoms with E-state index in [0.717, 1.165) is 43.5 Å². The van der Waals surface area contributed by atoms with Crippen LogP contribution in [0.25, 0.3) is 0 Å². The van der Waals surface area contributed by atoms with Gasteiger partial charge in [0.25, 0.3) is 0 Å². The van der Waals surface area contributed by atoms with Gasteiger partial charge in [0, 0.05) is 11.4 Å². The van der Waals surface area contributed by atoms with Crippen LogP contribution in [0.5, 0.6) is 0 Å². The fourth-order valence-corrected chi connectivity index (χ4v) is 3.28. The molecular weight excluding hydrogens is 318 g/mol. The van der Waals surface area contributed by atoms with Gasteiger partial charge in [-0.05, 0) is 55.5 Å². The summed E-state index contributed by atoms with van der Waals surface area (Å²) in [7, 11) is 0. The van der Waals surface area contributed by atoms with Crippen molar-refractivity contribution in [3.05, 3.63) is 60.2 Å². The number of aliphatic hydroxyl groups excluding tert-OH is 1. The van der Waals surface area contributed by atoms with Crippen molar-refractivity contribution in [3.8, 4) is 0 Å². The van der Waals surface area contributed by atoms with E-state index < -0.39 is 0 Å². The van der Waals surface area contributed by atoms with E-state index in [0.29, 0.717) is 0 Å². The van der Waals surface area contributed by atoms with Crippen LogP contribution in [0, 0.1) is 0 Å². The van der Waals surface area contributed by atoms with E-state index >= 15 is 0 Å². The predicted molar refractivity (Wildman–Crippen MR) is 113 cm³/mol. The lowest BCUT2D eigenvalue weighted by molar-refractivity contribution is 0.147. The molecule has 0 heterocycles. The van der Waals surface area contributed by atoms with Gasteiger partial charge in [0.2, 0.25) is 0 Å². The van der Waals surface area contributed by atoms with Crippen LogP contribution >= 0.6 is 0 Å². The third kappa shape index (κ3) is 8.53. The summed E-state index contributed by atoms with van der Waals surface area (Å²) in [5, 5.41) is 13.5. The van der Waals surface area contributed by atoms with E-state index in [4.69, 9.17) is 0 Å². The Morgan fingerprint density at radius 2 is 1.35 bits per heavy atom. The van der Waals surface area contributed by atoms with Gasteiger partial charge in [0.05, 0.1) is 6.10 Å². The minimum atomic E-state index is -0.103. The molecule has 0 fully saturated rings. The quantitative estimate of drug-likeness (QED) is 0.385. The fourth-order valence-electron chi connectivity index (χ4n) is 3.28. The van der Waals surface area contributed by atoms with Crippen LogP contribution in [-0.4, -0.2) is 11.2 Å². The Morgan fingerprint density at radius 3 is 2.04 bits per heavy atom. The molecule has 1 unspecified atom stereocenters. The van der Waals surface area contributed by atoms with E-state index in [9.17, 15) is 5.11 Å². The van der Waals surface area contributed by atoms with Gasteiger partial charge in [-0.3, -0.25) is 0 Å². The van der Waals surface area contributed by atoms with Crippen molar-refractivity contribution >= 4 is 11.4 Å². The summed E-state index contributed by atoms with van der Waals surface area (Å²) in [4.78, 5) is 0. The summed E-state index contributed by atoms with van der Waals surface area (Å²) in [6.45, 7) is 2.24. The molecule has 0 amide bonds. The van der Waals surface area contributed by atoms with Crippen molar-refractivity contribution in [2.75, 3.05) is 5.32 Å². The molecule has 2 aromatic carbocycles. The Morgan fingerprint density at radius 1 is 0.731 bits per heavy atom. The molecule has 2 heteroatoms. The monoisotopic (exact) mass is 353 g/mol. The number of para-hydroxylation sites is 1. The zero-order valence-corrected chi connectivity index (χ0v) is 16.3. The van der Waals surface area contributed by atoms with Crippen LogP contribution in [0.3, 0.4) is 0 Å².